The summed E-state index contributed by atoms with van der Waals surface area (Å²) < 4.78 is 353. The van der Waals surface area contributed by atoms with Gasteiger partial charge in [0.15, 0.2) is 40.5 Å². The van der Waals surface area contributed by atoms with E-state index in [0.717, 1.165) is 38.5 Å². The van der Waals surface area contributed by atoms with Crippen LogP contribution in [0.3, 0.4) is 0 Å². The molecule has 9 atom stereocenters. The van der Waals surface area contributed by atoms with Crippen LogP contribution in [-0.4, -0.2) is 212 Å². The summed E-state index contributed by atoms with van der Waals surface area (Å²) in [5.74, 6) is -24.8. The van der Waals surface area contributed by atoms with E-state index in [0.29, 0.717) is 36.9 Å². The van der Waals surface area contributed by atoms with Gasteiger partial charge in [0.2, 0.25) is 0 Å². The summed E-state index contributed by atoms with van der Waals surface area (Å²) in [6.45, 7) is 16.5. The molecule has 107 heavy (non-hydrogen) atoms. The first-order valence-corrected chi connectivity index (χ1v) is 38.7. The number of esters is 4. The van der Waals surface area contributed by atoms with Gasteiger partial charge >= 0.3 is 68.6 Å². The normalized spacial score (nSPS) is 22.6. The van der Waals surface area contributed by atoms with Gasteiger partial charge in [0.1, 0.15) is 0 Å². The molecule has 46 heteroatoms. The van der Waals surface area contributed by atoms with E-state index in [-0.39, 0.29) is 28.9 Å². The number of aliphatic hydroxyl groups is 4. The summed E-state index contributed by atoms with van der Waals surface area (Å²) in [5, 5.41) is 11.5. The molecular formula is C61H90F16O25S5-4. The van der Waals surface area contributed by atoms with Crippen LogP contribution >= 0.6 is 11.8 Å². The number of fused-ring (bicyclic) bond motifs is 6. The molecule has 0 radical (unpaired) electrons. The highest BCUT2D eigenvalue weighted by molar-refractivity contribution is 8.01. The van der Waals surface area contributed by atoms with E-state index in [1.807, 2.05) is 0 Å². The lowest BCUT2D eigenvalue weighted by Gasteiger charge is -2.28. The molecule has 9 unspecified atom stereocenters. The Hall–Kier alpha value is -4.23. The molecule has 4 aliphatic heterocycles. The highest BCUT2D eigenvalue weighted by Gasteiger charge is 2.64. The minimum absolute atomic E-state index is 0.00372. The second-order valence-corrected chi connectivity index (χ2v) is 36.3. The summed E-state index contributed by atoms with van der Waals surface area (Å²) in [5.41, 5.74) is -2.00. The molecule has 25 nitrogen and oxygen atoms in total. The molecule has 6 bridgehead atoms. The van der Waals surface area contributed by atoms with E-state index >= 15 is 0 Å². The van der Waals surface area contributed by atoms with Crippen molar-refractivity contribution in [2.75, 3.05) is 26.4 Å². The Balaban J connectivity index is 0.00000129. The van der Waals surface area contributed by atoms with Gasteiger partial charge in [-0.2, -0.15) is 82.0 Å². The highest BCUT2D eigenvalue weighted by atomic mass is 32.2. The van der Waals surface area contributed by atoms with Gasteiger partial charge in [0.25, 0.3) is 0 Å². The Morgan fingerprint density at radius 2 is 0.738 bits per heavy atom. The van der Waals surface area contributed by atoms with Crippen molar-refractivity contribution in [2.45, 2.75) is 263 Å². The summed E-state index contributed by atoms with van der Waals surface area (Å²) in [6.07, 6.45) is 0.0292. The standard InChI is InChI=1S/C12H16F4O5S.C11H14F4O6S.C11H14F4O5S2.C11H10F4O5S.4C4H10O/c13-11(14,12(15,16)22(18,19)20)3-4-21-10(17)9-6-7-1-2-8(9)5-7;2*12-10(13,11(14,15)22(17,18)19)3-4-20-9(16)7-5-6-1-2-8(7)21-6;12-10(13,11(14,15)21(17,18)19)6-7-20-9(16)8-4-2-1-3-5-8;4*1-4(2,3)5/h7-9H,1-6H2,(H,18,19,20);2*6-8H,1-5H2,(H,17,18,19);1-5H,6-7H2,(H,17,18,19);4*5H,1-3H3/p-4. The molecule has 6 fully saturated rings. The average molecular weight is 1690 g/mol. The number of carbonyl (C=O) groups is 4. The molecule has 0 aromatic heterocycles. The average Bonchev–Trinajstić information content (AvgIpc) is 1.39. The summed E-state index contributed by atoms with van der Waals surface area (Å²) >= 11 is 1.62. The smallest absolute Gasteiger partial charge is 0.396 e. The van der Waals surface area contributed by atoms with Crippen molar-refractivity contribution in [1.29, 1.82) is 0 Å². The molecule has 2 saturated carbocycles. The zero-order valence-corrected chi connectivity index (χ0v) is 63.8. The van der Waals surface area contributed by atoms with Crippen molar-refractivity contribution in [3.8, 4) is 0 Å². The summed E-state index contributed by atoms with van der Waals surface area (Å²) in [4.78, 5) is 46.4. The van der Waals surface area contributed by atoms with Gasteiger partial charge in [-0.1, -0.05) is 24.6 Å². The van der Waals surface area contributed by atoms with Crippen molar-refractivity contribution >= 4 is 76.1 Å². The number of hydrogen-bond donors (Lipinski definition) is 4. The Bertz CT molecular complexity index is 3170. The number of carbonyl (C=O) groups excluding carboxylic acids is 4. The Morgan fingerprint density at radius 3 is 0.991 bits per heavy atom. The molecule has 0 amide bonds. The number of benzene rings is 1. The minimum Gasteiger partial charge on any atom is -0.743 e. The Kier molecular flexibility index (Phi) is 37.5. The lowest BCUT2D eigenvalue weighted by atomic mass is 9.89. The van der Waals surface area contributed by atoms with Crippen LogP contribution in [0.5, 0.6) is 0 Å². The van der Waals surface area contributed by atoms with Crippen LogP contribution in [0.2, 0.25) is 0 Å². The van der Waals surface area contributed by atoms with Crippen LogP contribution in [0.1, 0.15) is 183 Å². The molecule has 4 heterocycles. The van der Waals surface area contributed by atoms with Gasteiger partial charge in [-0.15, -0.1) is 0 Å². The zero-order chi connectivity index (χ0) is 84.6. The Labute approximate surface area is 613 Å². The zero-order valence-electron chi connectivity index (χ0n) is 59.8. The van der Waals surface area contributed by atoms with E-state index in [1.165, 1.54) is 24.3 Å². The van der Waals surface area contributed by atoms with Gasteiger partial charge < -0.3 is 62.3 Å². The lowest BCUT2D eigenvalue weighted by Crippen LogP contribution is -2.47. The number of halogens is 16. The van der Waals surface area contributed by atoms with Crippen molar-refractivity contribution < 1.29 is 185 Å². The third-order valence-corrected chi connectivity index (χ3v) is 19.9. The Morgan fingerprint density at radius 1 is 0.421 bits per heavy atom. The van der Waals surface area contributed by atoms with E-state index in [9.17, 15) is 141 Å². The van der Waals surface area contributed by atoms with E-state index in [2.05, 4.69) is 18.9 Å². The third kappa shape index (κ3) is 34.7. The number of alkyl halides is 16. The summed E-state index contributed by atoms with van der Waals surface area (Å²) in [7, 11) is -26.1. The maximum absolute atomic E-state index is 13.2. The molecule has 630 valence electrons. The topological polar surface area (TPSA) is 424 Å². The molecule has 2 aliphatic carbocycles. The monoisotopic (exact) mass is 1690 g/mol. The van der Waals surface area contributed by atoms with Crippen LogP contribution in [-0.2, 0) is 78.5 Å². The highest BCUT2D eigenvalue weighted by Crippen LogP contribution is 2.51. The van der Waals surface area contributed by atoms with Gasteiger partial charge in [0.05, 0.1) is 110 Å². The first-order valence-electron chi connectivity index (χ1n) is 32.1. The van der Waals surface area contributed by atoms with E-state index in [4.69, 9.17) is 25.2 Å². The number of hydrogen-bond acceptors (Lipinski definition) is 26. The molecule has 4 N–H and O–H groups in total. The van der Waals surface area contributed by atoms with Crippen LogP contribution in [0, 0.1) is 29.6 Å². The molecule has 0 spiro atoms. The van der Waals surface area contributed by atoms with Crippen molar-refractivity contribution in [2.24, 2.45) is 29.6 Å². The second kappa shape index (κ2) is 39.0. The number of thioether (sulfide) groups is 1. The molecule has 7 rings (SSSR count). The first-order chi connectivity index (χ1) is 47.4. The molecular weight excluding hydrogens is 1600 g/mol. The predicted octanol–water partition coefficient (Wildman–Crippen LogP) is 10.5. The predicted molar refractivity (Wildman–Crippen MR) is 342 cm³/mol. The molecule has 1 aromatic carbocycles. The maximum atomic E-state index is 13.2. The third-order valence-electron chi connectivity index (χ3n) is 14.5. The van der Waals surface area contributed by atoms with Gasteiger partial charge in [0, 0.05) is 10.5 Å². The van der Waals surface area contributed by atoms with Crippen molar-refractivity contribution in [3.05, 3.63) is 35.9 Å². The first kappa shape index (κ1) is 103. The van der Waals surface area contributed by atoms with Gasteiger partial charge in [-0.05, 0) is 165 Å². The van der Waals surface area contributed by atoms with Crippen LogP contribution in [0.25, 0.3) is 0 Å². The van der Waals surface area contributed by atoms with Gasteiger partial charge in [-0.25, -0.2) is 38.5 Å². The largest absolute Gasteiger partial charge is 0.743 e. The van der Waals surface area contributed by atoms with E-state index in [1.54, 1.807) is 101 Å². The fraction of sp³-hybridized carbons (Fsp3) is 0.836. The van der Waals surface area contributed by atoms with Crippen LogP contribution < -0.4 is 0 Å². The number of ether oxygens (including phenoxy) is 5. The molecule has 4 saturated heterocycles. The maximum Gasteiger partial charge on any atom is 0.396 e. The fourth-order valence-electron chi connectivity index (χ4n) is 9.71. The van der Waals surface area contributed by atoms with Crippen molar-refractivity contribution in [3.63, 3.8) is 0 Å². The fourth-order valence-corrected chi connectivity index (χ4v) is 13.3. The lowest BCUT2D eigenvalue weighted by molar-refractivity contribution is -0.177. The number of rotatable bonds is 24. The molecule has 6 aliphatic rings. The molecule has 1 aromatic rings. The minimum atomic E-state index is -6.54. The quantitative estimate of drug-likeness (QED) is 0.0323. The van der Waals surface area contributed by atoms with Crippen LogP contribution in [0.4, 0.5) is 70.2 Å². The SMILES string of the molecule is CC(C)(C)O.CC(C)(C)O.CC(C)(C)O.CC(C)(C)O.O=C(OCCC(F)(F)C(F)(F)S(=O)(=O)[O-])C1CC2CCC1C2.O=C(OCCC(F)(F)C(F)(F)S(=O)(=O)[O-])C1CC2CCC1O2.O=C(OCCC(F)(F)C(F)(F)S(=O)(=O)[O-])C1CC2CCC1S2.O=C(OCCC(F)(F)C(F)(F)S(=O)(=O)[O-])c1ccccc1. The van der Waals surface area contributed by atoms with Crippen LogP contribution in [0.15, 0.2) is 30.3 Å². The van der Waals surface area contributed by atoms with Gasteiger partial charge in [-0.3, -0.25) is 14.4 Å². The second-order valence-electron chi connectivity index (χ2n) is 29.1. The van der Waals surface area contributed by atoms with Crippen molar-refractivity contribution in [1.82, 2.24) is 0 Å². The summed E-state index contributed by atoms with van der Waals surface area (Å²) in [6, 6.07) is 7.10. The van der Waals surface area contributed by atoms with E-state index < -0.39 is 201 Å².